The SMILES string of the molecule is Pc1ccc(-c2nc3c(nc2-c2ccc(N4c5c(c6ccccc6c6c5oc5ccc7ccccc7c56)C5=CC=CCC54)cc2)sc2ccccc23)cc1. The van der Waals surface area contributed by atoms with E-state index in [1.54, 1.807) is 11.3 Å². The Morgan fingerprint density at radius 1 is 0.667 bits per heavy atom. The van der Waals surface area contributed by atoms with Crippen LogP contribution in [-0.4, -0.2) is 16.0 Å². The molecule has 0 amide bonds. The number of rotatable bonds is 3. The van der Waals surface area contributed by atoms with E-state index in [4.69, 9.17) is 14.4 Å². The van der Waals surface area contributed by atoms with E-state index in [-0.39, 0.29) is 6.04 Å². The molecule has 254 valence electrons. The van der Waals surface area contributed by atoms with Crippen molar-refractivity contribution in [3.63, 3.8) is 0 Å². The fraction of sp³-hybridized carbons (Fsp3) is 0.0417. The molecule has 3 aromatic heterocycles. The fourth-order valence-corrected chi connectivity index (χ4v) is 10.1. The van der Waals surface area contributed by atoms with Crippen LogP contribution in [0.25, 0.3) is 92.0 Å². The minimum Gasteiger partial charge on any atom is -0.454 e. The van der Waals surface area contributed by atoms with Crippen molar-refractivity contribution in [2.24, 2.45) is 0 Å². The first kappa shape index (κ1) is 30.3. The molecule has 4 heterocycles. The predicted molar refractivity (Wildman–Crippen MR) is 232 cm³/mol. The first-order chi connectivity index (χ1) is 26.7. The Morgan fingerprint density at radius 2 is 1.37 bits per heavy atom. The van der Waals surface area contributed by atoms with Crippen LogP contribution in [0, 0.1) is 0 Å². The molecule has 0 fully saturated rings. The van der Waals surface area contributed by atoms with Crippen LogP contribution < -0.4 is 10.2 Å². The van der Waals surface area contributed by atoms with Gasteiger partial charge in [-0.25, -0.2) is 9.97 Å². The van der Waals surface area contributed by atoms with E-state index >= 15 is 0 Å². The Hall–Kier alpha value is -6.13. The maximum Gasteiger partial charge on any atom is 0.160 e. The van der Waals surface area contributed by atoms with Crippen LogP contribution in [0.1, 0.15) is 12.0 Å². The maximum absolute atomic E-state index is 6.99. The minimum atomic E-state index is 0.144. The Labute approximate surface area is 316 Å². The minimum absolute atomic E-state index is 0.144. The van der Waals surface area contributed by atoms with Gasteiger partial charge in [0.2, 0.25) is 0 Å². The predicted octanol–water partition coefficient (Wildman–Crippen LogP) is 12.7. The van der Waals surface area contributed by atoms with Gasteiger partial charge in [0, 0.05) is 43.2 Å². The topological polar surface area (TPSA) is 42.2 Å². The normalized spacial score (nSPS) is 15.2. The van der Waals surface area contributed by atoms with Crippen molar-refractivity contribution < 1.29 is 4.42 Å². The summed E-state index contributed by atoms with van der Waals surface area (Å²) < 4.78 is 8.19. The number of hydrogen-bond acceptors (Lipinski definition) is 5. The highest BCUT2D eigenvalue weighted by Gasteiger charge is 2.39. The van der Waals surface area contributed by atoms with Crippen LogP contribution in [0.5, 0.6) is 0 Å². The van der Waals surface area contributed by atoms with Gasteiger partial charge in [-0.15, -0.1) is 20.6 Å². The number of nitrogens with zero attached hydrogens (tertiary/aromatic N) is 3. The summed E-state index contributed by atoms with van der Waals surface area (Å²) in [6.07, 6.45) is 7.71. The van der Waals surface area contributed by atoms with E-state index in [0.717, 1.165) is 72.5 Å². The number of allylic oxidation sites excluding steroid dienone is 2. The summed E-state index contributed by atoms with van der Waals surface area (Å²) in [5, 5.41) is 9.55. The van der Waals surface area contributed by atoms with Gasteiger partial charge < -0.3 is 9.32 Å². The first-order valence-corrected chi connectivity index (χ1v) is 19.7. The van der Waals surface area contributed by atoms with E-state index in [0.29, 0.717) is 0 Å². The van der Waals surface area contributed by atoms with Gasteiger partial charge in [0.1, 0.15) is 15.9 Å². The molecule has 6 heteroatoms. The Bertz CT molecular complexity index is 3260. The number of anilines is 2. The molecule has 0 spiro atoms. The Morgan fingerprint density at radius 3 is 2.20 bits per heavy atom. The quantitative estimate of drug-likeness (QED) is 0.170. The molecular weight excluding hydrogens is 698 g/mol. The van der Waals surface area contributed by atoms with E-state index in [1.807, 2.05) is 0 Å². The van der Waals surface area contributed by atoms with Gasteiger partial charge in [0.25, 0.3) is 0 Å². The lowest BCUT2D eigenvalue weighted by molar-refractivity contribution is 0.667. The average molecular weight is 728 g/mol. The third-order valence-electron chi connectivity index (χ3n) is 11.3. The third-order valence-corrected chi connectivity index (χ3v) is 12.7. The van der Waals surface area contributed by atoms with Crippen LogP contribution in [0.2, 0.25) is 0 Å². The molecule has 0 N–H and O–H groups in total. The smallest absolute Gasteiger partial charge is 0.160 e. The summed E-state index contributed by atoms with van der Waals surface area (Å²) in [6.45, 7) is 0. The second-order valence-electron chi connectivity index (χ2n) is 14.2. The summed E-state index contributed by atoms with van der Waals surface area (Å²) in [6, 6.07) is 47.9. The van der Waals surface area contributed by atoms with E-state index in [1.165, 1.54) is 48.2 Å². The molecule has 0 saturated carbocycles. The van der Waals surface area contributed by atoms with E-state index in [9.17, 15) is 0 Å². The molecule has 4 nitrogen and oxygen atoms in total. The van der Waals surface area contributed by atoms with Gasteiger partial charge in [-0.05, 0) is 63.1 Å². The molecular formula is C48H30N3OPS. The van der Waals surface area contributed by atoms with Crippen molar-refractivity contribution in [2.45, 2.75) is 12.5 Å². The van der Waals surface area contributed by atoms with Crippen molar-refractivity contribution in [2.75, 3.05) is 4.90 Å². The monoisotopic (exact) mass is 727 g/mol. The van der Waals surface area contributed by atoms with Crippen molar-refractivity contribution in [3.8, 4) is 22.5 Å². The molecule has 0 radical (unpaired) electrons. The van der Waals surface area contributed by atoms with Crippen LogP contribution in [0.4, 0.5) is 11.4 Å². The van der Waals surface area contributed by atoms with Crippen LogP contribution in [-0.2, 0) is 0 Å². The number of fused-ring (bicyclic) bond motifs is 15. The summed E-state index contributed by atoms with van der Waals surface area (Å²) in [4.78, 5) is 14.1. The molecule has 12 rings (SSSR count). The molecule has 0 bridgehead atoms. The van der Waals surface area contributed by atoms with Gasteiger partial charge in [0.05, 0.1) is 23.1 Å². The average Bonchev–Trinajstić information content (AvgIpc) is 3.91. The number of aromatic nitrogens is 2. The fourth-order valence-electron chi connectivity index (χ4n) is 8.90. The zero-order chi connectivity index (χ0) is 35.5. The Balaban J connectivity index is 1.09. The van der Waals surface area contributed by atoms with Crippen molar-refractivity contribution in [3.05, 3.63) is 157 Å². The lowest BCUT2D eigenvalue weighted by atomic mass is 9.90. The molecule has 7 aromatic carbocycles. The molecule has 2 atom stereocenters. The van der Waals surface area contributed by atoms with Gasteiger partial charge in [0.15, 0.2) is 5.58 Å². The third kappa shape index (κ3) is 4.28. The maximum atomic E-state index is 6.99. The number of furan rings is 1. The van der Waals surface area contributed by atoms with Crippen LogP contribution >= 0.6 is 20.6 Å². The molecule has 2 unspecified atom stereocenters. The molecule has 10 aromatic rings. The van der Waals surface area contributed by atoms with Gasteiger partial charge >= 0.3 is 0 Å². The summed E-state index contributed by atoms with van der Waals surface area (Å²) in [5.74, 6) is 0. The Kier molecular flexibility index (Phi) is 6.42. The van der Waals surface area contributed by atoms with Gasteiger partial charge in [-0.3, -0.25) is 0 Å². The highest BCUT2D eigenvalue weighted by Crippen LogP contribution is 2.56. The van der Waals surface area contributed by atoms with Crippen LogP contribution in [0.15, 0.2) is 156 Å². The van der Waals surface area contributed by atoms with Crippen molar-refractivity contribution >= 4 is 107 Å². The highest BCUT2D eigenvalue weighted by molar-refractivity contribution is 7.27. The summed E-state index contributed by atoms with van der Waals surface area (Å²) >= 11 is 1.70. The van der Waals surface area contributed by atoms with Crippen molar-refractivity contribution in [1.29, 1.82) is 0 Å². The number of benzene rings is 7. The summed E-state index contributed by atoms with van der Waals surface area (Å²) in [7, 11) is 2.79. The molecule has 1 aliphatic carbocycles. The molecule has 2 aliphatic rings. The van der Waals surface area contributed by atoms with Crippen LogP contribution in [0.3, 0.4) is 0 Å². The second kappa shape index (κ2) is 11.4. The van der Waals surface area contributed by atoms with Crippen molar-refractivity contribution in [1.82, 2.24) is 9.97 Å². The zero-order valence-corrected chi connectivity index (χ0v) is 30.9. The largest absolute Gasteiger partial charge is 0.454 e. The van der Waals surface area contributed by atoms with E-state index in [2.05, 4.69) is 166 Å². The number of hydrogen-bond donors (Lipinski definition) is 0. The number of thiophene rings is 1. The highest BCUT2D eigenvalue weighted by atomic mass is 32.1. The van der Waals surface area contributed by atoms with Gasteiger partial charge in [-0.2, -0.15) is 0 Å². The standard InChI is InChI=1S/C48H30N3OPS/c53-31-24-19-29(20-25-31)43-44(50-48-45(49-43)36-14-6-8-16-39(36)54-48)28-17-22-30(23-18-28)51-37-15-7-5-13-35(37)40-33-11-3-4-12-34(33)42-41-32-10-2-1-9-27(32)21-26-38(41)52-47(42)46(40)51/h1-14,16-26,37H,15,53H2. The van der Waals surface area contributed by atoms with Gasteiger partial charge in [-0.1, -0.05) is 127 Å². The second-order valence-corrected chi connectivity index (χ2v) is 15.9. The molecule has 54 heavy (non-hydrogen) atoms. The lowest BCUT2D eigenvalue weighted by Gasteiger charge is -2.28. The zero-order valence-electron chi connectivity index (χ0n) is 29.0. The summed E-state index contributed by atoms with van der Waals surface area (Å²) in [5.41, 5.74) is 11.5. The first-order valence-electron chi connectivity index (χ1n) is 18.3. The molecule has 1 aliphatic heterocycles. The van der Waals surface area contributed by atoms with E-state index < -0.39 is 0 Å². The molecule has 0 saturated heterocycles. The lowest BCUT2D eigenvalue weighted by Crippen LogP contribution is -2.27.